The van der Waals surface area contributed by atoms with Gasteiger partial charge in [0.05, 0.1) is 22.3 Å². The molecule has 7 heteroatoms. The van der Waals surface area contributed by atoms with Crippen LogP contribution in [0.15, 0.2) is 54.7 Å². The SMILES string of the molecule is O=C(CCN1C(=O)c2ccccc2C1=O)Nc1ccnc2ccc(Cl)cc12. The van der Waals surface area contributed by atoms with Gasteiger partial charge in [-0.2, -0.15) is 0 Å². The zero-order valence-electron chi connectivity index (χ0n) is 14.1. The van der Waals surface area contributed by atoms with Gasteiger partial charge in [-0.25, -0.2) is 0 Å². The molecule has 1 aliphatic rings. The largest absolute Gasteiger partial charge is 0.325 e. The highest BCUT2D eigenvalue weighted by atomic mass is 35.5. The number of nitrogens with one attached hydrogen (secondary N) is 1. The Morgan fingerprint density at radius 1 is 1.04 bits per heavy atom. The van der Waals surface area contributed by atoms with Gasteiger partial charge in [-0.1, -0.05) is 23.7 Å². The van der Waals surface area contributed by atoms with Gasteiger partial charge in [0.2, 0.25) is 5.91 Å². The van der Waals surface area contributed by atoms with Crippen molar-refractivity contribution in [1.82, 2.24) is 9.88 Å². The van der Waals surface area contributed by atoms with E-state index >= 15 is 0 Å². The summed E-state index contributed by atoms with van der Waals surface area (Å²) in [6, 6.07) is 13.5. The van der Waals surface area contributed by atoms with Crippen LogP contribution in [0.5, 0.6) is 0 Å². The van der Waals surface area contributed by atoms with E-state index in [-0.39, 0.29) is 30.7 Å². The first-order valence-corrected chi connectivity index (χ1v) is 8.72. The first-order chi connectivity index (χ1) is 13.0. The third-order valence-electron chi connectivity index (χ3n) is 4.42. The van der Waals surface area contributed by atoms with Crippen LogP contribution < -0.4 is 5.32 Å². The Labute approximate surface area is 159 Å². The van der Waals surface area contributed by atoms with Crippen molar-refractivity contribution in [2.45, 2.75) is 6.42 Å². The Bertz CT molecular complexity index is 1060. The Morgan fingerprint density at radius 3 is 2.44 bits per heavy atom. The van der Waals surface area contributed by atoms with Gasteiger partial charge >= 0.3 is 0 Å². The van der Waals surface area contributed by atoms with Gasteiger partial charge in [-0.15, -0.1) is 0 Å². The molecule has 3 amide bonds. The summed E-state index contributed by atoms with van der Waals surface area (Å²) < 4.78 is 0. The van der Waals surface area contributed by atoms with Gasteiger partial charge in [-0.05, 0) is 36.4 Å². The number of halogens is 1. The average Bonchev–Trinajstić information content (AvgIpc) is 2.91. The average molecular weight is 380 g/mol. The molecule has 2 aromatic carbocycles. The zero-order chi connectivity index (χ0) is 19.0. The molecule has 0 saturated carbocycles. The lowest BCUT2D eigenvalue weighted by molar-refractivity contribution is -0.116. The van der Waals surface area contributed by atoms with E-state index < -0.39 is 0 Å². The maximum atomic E-state index is 12.4. The van der Waals surface area contributed by atoms with Crippen molar-refractivity contribution in [1.29, 1.82) is 0 Å². The molecule has 3 aromatic rings. The summed E-state index contributed by atoms with van der Waals surface area (Å²) in [5, 5.41) is 4.06. The van der Waals surface area contributed by atoms with Crippen LogP contribution in [0.1, 0.15) is 27.1 Å². The van der Waals surface area contributed by atoms with E-state index in [9.17, 15) is 14.4 Å². The topological polar surface area (TPSA) is 79.4 Å². The van der Waals surface area contributed by atoms with Crippen LogP contribution >= 0.6 is 11.6 Å². The van der Waals surface area contributed by atoms with Gasteiger partial charge in [-0.3, -0.25) is 24.3 Å². The molecule has 0 bridgehead atoms. The van der Waals surface area contributed by atoms with E-state index in [4.69, 9.17) is 11.6 Å². The van der Waals surface area contributed by atoms with Crippen molar-refractivity contribution in [3.63, 3.8) is 0 Å². The number of amides is 3. The third-order valence-corrected chi connectivity index (χ3v) is 4.65. The fraction of sp³-hybridized carbons (Fsp3) is 0.100. The lowest BCUT2D eigenvalue weighted by Crippen LogP contribution is -2.32. The molecule has 0 fully saturated rings. The van der Waals surface area contributed by atoms with Gasteiger partial charge in [0.1, 0.15) is 0 Å². The first kappa shape index (κ1) is 17.2. The molecule has 0 unspecified atom stereocenters. The predicted molar refractivity (Wildman–Crippen MR) is 102 cm³/mol. The first-order valence-electron chi connectivity index (χ1n) is 8.34. The molecule has 1 aliphatic heterocycles. The van der Waals surface area contributed by atoms with Gasteiger partial charge in [0.15, 0.2) is 0 Å². The lowest BCUT2D eigenvalue weighted by Gasteiger charge is -2.14. The number of rotatable bonds is 4. The van der Waals surface area contributed by atoms with Gasteiger partial charge in [0, 0.05) is 29.6 Å². The quantitative estimate of drug-likeness (QED) is 0.703. The molecule has 0 saturated heterocycles. The number of carbonyl (C=O) groups is 3. The molecular weight excluding hydrogens is 366 g/mol. The zero-order valence-corrected chi connectivity index (χ0v) is 14.9. The number of hydrogen-bond donors (Lipinski definition) is 1. The number of carbonyl (C=O) groups excluding carboxylic acids is 3. The molecule has 1 N–H and O–H groups in total. The van der Waals surface area contributed by atoms with Crippen LogP contribution in [0.25, 0.3) is 10.9 Å². The molecule has 0 radical (unpaired) electrons. The summed E-state index contributed by atoms with van der Waals surface area (Å²) in [6.07, 6.45) is 1.59. The second kappa shape index (κ2) is 6.81. The number of fused-ring (bicyclic) bond motifs is 2. The minimum absolute atomic E-state index is 0.00412. The molecule has 27 heavy (non-hydrogen) atoms. The smallest absolute Gasteiger partial charge is 0.261 e. The minimum atomic E-state index is -0.371. The number of anilines is 1. The molecule has 0 spiro atoms. The van der Waals surface area contributed by atoms with Crippen LogP contribution in [0, 0.1) is 0 Å². The summed E-state index contributed by atoms with van der Waals surface area (Å²) in [5.74, 6) is -1.05. The van der Waals surface area contributed by atoms with E-state index in [1.165, 1.54) is 0 Å². The van der Waals surface area contributed by atoms with Crippen molar-refractivity contribution >= 4 is 45.9 Å². The van der Waals surface area contributed by atoms with Crippen LogP contribution in [-0.4, -0.2) is 34.2 Å². The van der Waals surface area contributed by atoms with Crippen LogP contribution in [-0.2, 0) is 4.79 Å². The highest BCUT2D eigenvalue weighted by Crippen LogP contribution is 2.25. The number of imide groups is 1. The number of pyridine rings is 1. The molecule has 134 valence electrons. The van der Waals surface area contributed by atoms with Gasteiger partial charge in [0.25, 0.3) is 11.8 Å². The number of benzene rings is 2. The number of aromatic nitrogens is 1. The summed E-state index contributed by atoms with van der Waals surface area (Å²) in [6.45, 7) is 0.0158. The Morgan fingerprint density at radius 2 is 1.74 bits per heavy atom. The summed E-state index contributed by atoms with van der Waals surface area (Å²) >= 11 is 6.03. The monoisotopic (exact) mass is 379 g/mol. The molecule has 2 heterocycles. The second-order valence-electron chi connectivity index (χ2n) is 6.13. The fourth-order valence-corrected chi connectivity index (χ4v) is 3.27. The van der Waals surface area contributed by atoms with Crippen LogP contribution in [0.4, 0.5) is 5.69 Å². The Kier molecular flexibility index (Phi) is 4.33. The number of nitrogens with zero attached hydrogens (tertiary/aromatic N) is 2. The molecule has 0 atom stereocenters. The van der Waals surface area contributed by atoms with Crippen molar-refractivity contribution < 1.29 is 14.4 Å². The maximum Gasteiger partial charge on any atom is 0.261 e. The summed E-state index contributed by atoms with van der Waals surface area (Å²) in [7, 11) is 0. The Hall–Kier alpha value is -3.25. The molecule has 4 rings (SSSR count). The van der Waals surface area contributed by atoms with E-state index in [2.05, 4.69) is 10.3 Å². The standard InChI is InChI=1S/C20H14ClN3O3/c21-12-5-6-16-15(11-12)17(7-9-22-16)23-18(25)8-10-24-19(26)13-3-1-2-4-14(13)20(24)27/h1-7,9,11H,8,10H2,(H,22,23,25). The van der Waals surface area contributed by atoms with E-state index in [0.29, 0.717) is 27.4 Å². The predicted octanol–water partition coefficient (Wildman–Crippen LogP) is 3.51. The lowest BCUT2D eigenvalue weighted by atomic mass is 10.1. The van der Waals surface area contributed by atoms with Crippen molar-refractivity contribution in [3.8, 4) is 0 Å². The van der Waals surface area contributed by atoms with Crippen molar-refractivity contribution in [3.05, 3.63) is 70.9 Å². The maximum absolute atomic E-state index is 12.4. The number of hydrogen-bond acceptors (Lipinski definition) is 4. The Balaban J connectivity index is 1.46. The van der Waals surface area contributed by atoms with Gasteiger partial charge < -0.3 is 5.32 Å². The van der Waals surface area contributed by atoms with Crippen LogP contribution in [0.3, 0.4) is 0 Å². The third kappa shape index (κ3) is 3.15. The van der Waals surface area contributed by atoms with E-state index in [0.717, 1.165) is 10.3 Å². The highest BCUT2D eigenvalue weighted by Gasteiger charge is 2.34. The van der Waals surface area contributed by atoms with E-state index in [1.54, 1.807) is 54.7 Å². The summed E-state index contributed by atoms with van der Waals surface area (Å²) in [5.41, 5.74) is 2.03. The molecule has 6 nitrogen and oxygen atoms in total. The molecule has 1 aromatic heterocycles. The van der Waals surface area contributed by atoms with E-state index in [1.807, 2.05) is 0 Å². The normalized spacial score (nSPS) is 13.1. The van der Waals surface area contributed by atoms with Crippen molar-refractivity contribution in [2.24, 2.45) is 0 Å². The molecule has 0 aliphatic carbocycles. The fourth-order valence-electron chi connectivity index (χ4n) is 3.10. The highest BCUT2D eigenvalue weighted by molar-refractivity contribution is 6.31. The van der Waals surface area contributed by atoms with Crippen molar-refractivity contribution in [2.75, 3.05) is 11.9 Å². The second-order valence-corrected chi connectivity index (χ2v) is 6.56. The van der Waals surface area contributed by atoms with Crippen LogP contribution in [0.2, 0.25) is 5.02 Å². The summed E-state index contributed by atoms with van der Waals surface area (Å²) in [4.78, 5) is 42.4. The minimum Gasteiger partial charge on any atom is -0.325 e. The molecular formula is C20H14ClN3O3.